The zero-order chi connectivity index (χ0) is 13.0. The van der Waals surface area contributed by atoms with Crippen LogP contribution in [0.3, 0.4) is 0 Å². The van der Waals surface area contributed by atoms with Gasteiger partial charge in [0.25, 0.3) is 0 Å². The third kappa shape index (κ3) is 3.54. The Hall–Kier alpha value is -0.910. The van der Waals surface area contributed by atoms with Crippen molar-refractivity contribution in [3.63, 3.8) is 0 Å². The van der Waals surface area contributed by atoms with Gasteiger partial charge in [0, 0.05) is 25.2 Å². The molecule has 1 aliphatic heterocycles. The molecule has 18 heavy (non-hydrogen) atoms. The van der Waals surface area contributed by atoms with Crippen molar-refractivity contribution < 1.29 is 4.74 Å². The lowest BCUT2D eigenvalue weighted by molar-refractivity contribution is -0.0159. The van der Waals surface area contributed by atoms with Crippen molar-refractivity contribution in [1.82, 2.24) is 14.9 Å². The van der Waals surface area contributed by atoms with Crippen molar-refractivity contribution >= 4 is 17.4 Å². The lowest BCUT2D eigenvalue weighted by Gasteiger charge is -2.37. The SMILES string of the molecule is CC(CNc1cncc(Cl)n1)N1CCOCC1C. The third-order valence-electron chi connectivity index (χ3n) is 3.17. The number of ether oxygens (including phenoxy) is 1. The van der Waals surface area contributed by atoms with Crippen LogP contribution in [0.5, 0.6) is 0 Å². The first kappa shape index (κ1) is 13.5. The summed E-state index contributed by atoms with van der Waals surface area (Å²) in [6, 6.07) is 0.880. The van der Waals surface area contributed by atoms with E-state index in [9.17, 15) is 0 Å². The van der Waals surface area contributed by atoms with Crippen LogP contribution in [-0.2, 0) is 4.74 Å². The Kier molecular flexibility index (Phi) is 4.74. The largest absolute Gasteiger partial charge is 0.379 e. The van der Waals surface area contributed by atoms with Crippen LogP contribution in [0.25, 0.3) is 0 Å². The second-order valence-electron chi connectivity index (χ2n) is 4.62. The van der Waals surface area contributed by atoms with E-state index in [4.69, 9.17) is 16.3 Å². The summed E-state index contributed by atoms with van der Waals surface area (Å²) in [5.41, 5.74) is 0. The summed E-state index contributed by atoms with van der Waals surface area (Å²) in [7, 11) is 0. The summed E-state index contributed by atoms with van der Waals surface area (Å²) in [5.74, 6) is 0.718. The number of anilines is 1. The van der Waals surface area contributed by atoms with E-state index in [0.717, 1.165) is 32.1 Å². The zero-order valence-electron chi connectivity index (χ0n) is 10.8. The van der Waals surface area contributed by atoms with Crippen molar-refractivity contribution in [2.75, 3.05) is 31.6 Å². The number of nitrogens with one attached hydrogen (secondary N) is 1. The average molecular weight is 271 g/mol. The highest BCUT2D eigenvalue weighted by Crippen LogP contribution is 2.12. The Morgan fingerprint density at radius 3 is 3.17 bits per heavy atom. The minimum absolute atomic E-state index is 0.410. The molecule has 1 saturated heterocycles. The normalized spacial score (nSPS) is 22.7. The maximum Gasteiger partial charge on any atom is 0.149 e. The van der Waals surface area contributed by atoms with Crippen LogP contribution in [0.4, 0.5) is 5.82 Å². The van der Waals surface area contributed by atoms with Gasteiger partial charge in [-0.1, -0.05) is 11.6 Å². The molecule has 0 spiro atoms. The van der Waals surface area contributed by atoms with Gasteiger partial charge in [-0.25, -0.2) is 4.98 Å². The Morgan fingerprint density at radius 2 is 2.44 bits per heavy atom. The molecule has 2 unspecified atom stereocenters. The number of nitrogens with zero attached hydrogens (tertiary/aromatic N) is 3. The lowest BCUT2D eigenvalue weighted by atomic mass is 10.2. The number of halogens is 1. The van der Waals surface area contributed by atoms with Gasteiger partial charge in [-0.2, -0.15) is 0 Å². The molecule has 0 bridgehead atoms. The van der Waals surface area contributed by atoms with Crippen LogP contribution in [0.2, 0.25) is 5.15 Å². The summed E-state index contributed by atoms with van der Waals surface area (Å²) in [6.45, 7) is 7.80. The molecule has 1 aliphatic rings. The van der Waals surface area contributed by atoms with Gasteiger partial charge < -0.3 is 10.1 Å². The van der Waals surface area contributed by atoms with Crippen molar-refractivity contribution in [2.24, 2.45) is 0 Å². The van der Waals surface area contributed by atoms with Crippen molar-refractivity contribution in [1.29, 1.82) is 0 Å². The van der Waals surface area contributed by atoms with Crippen molar-refractivity contribution in [2.45, 2.75) is 25.9 Å². The number of morpholine rings is 1. The van der Waals surface area contributed by atoms with Gasteiger partial charge in [0.1, 0.15) is 11.0 Å². The Bertz CT molecular complexity index is 390. The lowest BCUT2D eigenvalue weighted by Crippen LogP contribution is -2.50. The molecular weight excluding hydrogens is 252 g/mol. The molecule has 5 nitrogen and oxygen atoms in total. The molecule has 2 heterocycles. The van der Waals surface area contributed by atoms with Crippen LogP contribution in [0.1, 0.15) is 13.8 Å². The van der Waals surface area contributed by atoms with Crippen molar-refractivity contribution in [3.8, 4) is 0 Å². The molecule has 0 aliphatic carbocycles. The maximum absolute atomic E-state index is 5.79. The quantitative estimate of drug-likeness (QED) is 0.902. The molecule has 6 heteroatoms. The smallest absolute Gasteiger partial charge is 0.149 e. The highest BCUT2D eigenvalue weighted by Gasteiger charge is 2.23. The van der Waals surface area contributed by atoms with E-state index in [1.54, 1.807) is 6.20 Å². The molecule has 1 N–H and O–H groups in total. The summed E-state index contributed by atoms with van der Waals surface area (Å²) in [4.78, 5) is 10.6. The molecule has 2 rings (SSSR count). The van der Waals surface area contributed by atoms with Gasteiger partial charge in [0.15, 0.2) is 0 Å². The molecule has 1 aromatic heterocycles. The fourth-order valence-corrected chi connectivity index (χ4v) is 2.34. The van der Waals surface area contributed by atoms with E-state index in [1.165, 1.54) is 6.20 Å². The monoisotopic (exact) mass is 270 g/mol. The van der Waals surface area contributed by atoms with Crippen molar-refractivity contribution in [3.05, 3.63) is 17.5 Å². The summed E-state index contributed by atoms with van der Waals surface area (Å²) < 4.78 is 5.44. The molecule has 0 aromatic carbocycles. The van der Waals surface area contributed by atoms with E-state index >= 15 is 0 Å². The predicted octanol–water partition coefficient (Wildman–Crippen LogP) is 1.65. The Morgan fingerprint density at radius 1 is 1.61 bits per heavy atom. The van der Waals surface area contributed by atoms with E-state index in [0.29, 0.717) is 17.2 Å². The minimum Gasteiger partial charge on any atom is -0.379 e. The van der Waals surface area contributed by atoms with Gasteiger partial charge in [-0.3, -0.25) is 9.88 Å². The Balaban J connectivity index is 1.85. The van der Waals surface area contributed by atoms with Gasteiger partial charge in [0.05, 0.1) is 25.6 Å². The molecule has 100 valence electrons. The summed E-state index contributed by atoms with van der Waals surface area (Å²) in [5, 5.41) is 3.67. The molecule has 0 amide bonds. The first-order valence-electron chi connectivity index (χ1n) is 6.21. The fraction of sp³-hybridized carbons (Fsp3) is 0.667. The van der Waals surface area contributed by atoms with Crippen LogP contribution in [0.15, 0.2) is 12.4 Å². The Labute approximate surface area is 113 Å². The van der Waals surface area contributed by atoms with E-state index < -0.39 is 0 Å². The van der Waals surface area contributed by atoms with Crippen LogP contribution in [0, 0.1) is 0 Å². The standard InChI is InChI=1S/C12H19ClN4O/c1-9(17-3-4-18-8-10(17)2)5-15-12-7-14-6-11(13)16-12/h6-7,9-10H,3-5,8H2,1-2H3,(H,15,16). The summed E-state index contributed by atoms with van der Waals surface area (Å²) >= 11 is 5.79. The fourth-order valence-electron chi connectivity index (χ4n) is 2.19. The second-order valence-corrected chi connectivity index (χ2v) is 5.01. The first-order valence-corrected chi connectivity index (χ1v) is 6.59. The summed E-state index contributed by atoms with van der Waals surface area (Å²) in [6.07, 6.45) is 3.21. The topological polar surface area (TPSA) is 50.3 Å². The van der Waals surface area contributed by atoms with E-state index in [1.807, 2.05) is 0 Å². The second kappa shape index (κ2) is 6.31. The minimum atomic E-state index is 0.410. The molecule has 1 fully saturated rings. The highest BCUT2D eigenvalue weighted by molar-refractivity contribution is 6.29. The third-order valence-corrected chi connectivity index (χ3v) is 3.35. The first-order chi connectivity index (χ1) is 8.66. The molecular formula is C12H19ClN4O. The molecule has 2 atom stereocenters. The number of hydrogen-bond donors (Lipinski definition) is 1. The van der Waals surface area contributed by atoms with Gasteiger partial charge in [-0.05, 0) is 13.8 Å². The van der Waals surface area contributed by atoms with Crippen LogP contribution < -0.4 is 5.32 Å². The van der Waals surface area contributed by atoms with Gasteiger partial charge >= 0.3 is 0 Å². The van der Waals surface area contributed by atoms with E-state index in [-0.39, 0.29) is 0 Å². The van der Waals surface area contributed by atoms with Crippen LogP contribution in [-0.4, -0.2) is 53.3 Å². The number of aromatic nitrogens is 2. The molecule has 0 saturated carbocycles. The predicted molar refractivity (Wildman–Crippen MR) is 72.0 cm³/mol. The van der Waals surface area contributed by atoms with Crippen LogP contribution >= 0.6 is 11.6 Å². The van der Waals surface area contributed by atoms with Gasteiger partial charge in [0.2, 0.25) is 0 Å². The molecule has 0 radical (unpaired) electrons. The highest BCUT2D eigenvalue weighted by atomic mass is 35.5. The number of hydrogen-bond acceptors (Lipinski definition) is 5. The van der Waals surface area contributed by atoms with E-state index in [2.05, 4.69) is 34.0 Å². The molecule has 1 aromatic rings. The maximum atomic E-state index is 5.79. The average Bonchev–Trinajstić information content (AvgIpc) is 2.37. The number of rotatable bonds is 4. The van der Waals surface area contributed by atoms with Gasteiger partial charge in [-0.15, -0.1) is 0 Å². The zero-order valence-corrected chi connectivity index (χ0v) is 11.5.